The molecule has 0 aliphatic heterocycles. The van der Waals surface area contributed by atoms with E-state index >= 15 is 0 Å². The highest BCUT2D eigenvalue weighted by atomic mass is 19.1. The van der Waals surface area contributed by atoms with Gasteiger partial charge >= 0.3 is 0 Å². The molecular formula is C11H15FN2O3. The third kappa shape index (κ3) is 4.80. The minimum Gasteiger partial charge on any atom is -0.397 e. The number of benzene rings is 1. The van der Waals surface area contributed by atoms with Crippen LogP contribution in [0.5, 0.6) is 0 Å². The fourth-order valence-corrected chi connectivity index (χ4v) is 1.14. The molecule has 0 heterocycles. The summed E-state index contributed by atoms with van der Waals surface area (Å²) in [6.45, 7) is 0.662. The van der Waals surface area contributed by atoms with Crippen molar-refractivity contribution in [2.75, 3.05) is 38.0 Å². The Bertz CT molecular complexity index is 385. The van der Waals surface area contributed by atoms with E-state index in [1.54, 1.807) is 7.11 Å². The Balaban J connectivity index is 2.40. The van der Waals surface area contributed by atoms with Gasteiger partial charge in [-0.3, -0.25) is 4.79 Å². The van der Waals surface area contributed by atoms with E-state index < -0.39 is 5.82 Å². The van der Waals surface area contributed by atoms with Gasteiger partial charge in [0.1, 0.15) is 12.4 Å². The van der Waals surface area contributed by atoms with Crippen LogP contribution in [0, 0.1) is 5.82 Å². The van der Waals surface area contributed by atoms with Crippen molar-refractivity contribution in [1.82, 2.24) is 0 Å². The van der Waals surface area contributed by atoms with Crippen LogP contribution < -0.4 is 11.1 Å². The molecule has 0 bridgehead atoms. The molecular weight excluding hydrogens is 227 g/mol. The summed E-state index contributed by atoms with van der Waals surface area (Å²) in [5, 5.41) is 2.52. The van der Waals surface area contributed by atoms with Crippen molar-refractivity contribution >= 4 is 17.3 Å². The number of amides is 1. The van der Waals surface area contributed by atoms with Gasteiger partial charge in [0.25, 0.3) is 0 Å². The van der Waals surface area contributed by atoms with Gasteiger partial charge in [0.2, 0.25) is 5.91 Å². The second-order valence-corrected chi connectivity index (χ2v) is 3.33. The molecule has 5 nitrogen and oxygen atoms in total. The van der Waals surface area contributed by atoms with Gasteiger partial charge in [0.05, 0.1) is 24.6 Å². The highest BCUT2D eigenvalue weighted by Gasteiger charge is 2.05. The molecule has 0 unspecified atom stereocenters. The number of hydrogen-bond donors (Lipinski definition) is 2. The Morgan fingerprint density at radius 3 is 2.88 bits per heavy atom. The van der Waals surface area contributed by atoms with Crippen molar-refractivity contribution in [3.05, 3.63) is 24.0 Å². The van der Waals surface area contributed by atoms with Crippen molar-refractivity contribution in [2.45, 2.75) is 0 Å². The normalized spacial score (nSPS) is 10.2. The Morgan fingerprint density at radius 1 is 1.47 bits per heavy atom. The van der Waals surface area contributed by atoms with E-state index in [0.717, 1.165) is 6.07 Å². The predicted molar refractivity (Wildman–Crippen MR) is 62.1 cm³/mol. The Labute approximate surface area is 98.7 Å². The summed E-state index contributed by atoms with van der Waals surface area (Å²) in [6.07, 6.45) is 0. The Hall–Kier alpha value is -1.66. The molecule has 0 aliphatic rings. The molecule has 1 aromatic carbocycles. The molecule has 6 heteroatoms. The molecule has 1 rings (SSSR count). The number of hydrogen-bond acceptors (Lipinski definition) is 4. The molecule has 0 radical (unpaired) electrons. The van der Waals surface area contributed by atoms with E-state index in [-0.39, 0.29) is 18.2 Å². The second kappa shape index (κ2) is 6.82. The van der Waals surface area contributed by atoms with Crippen molar-refractivity contribution in [2.24, 2.45) is 0 Å². The van der Waals surface area contributed by atoms with Gasteiger partial charge in [0.15, 0.2) is 0 Å². The van der Waals surface area contributed by atoms with Crippen molar-refractivity contribution in [1.29, 1.82) is 0 Å². The van der Waals surface area contributed by atoms with Gasteiger partial charge in [-0.05, 0) is 18.2 Å². The second-order valence-electron chi connectivity index (χ2n) is 3.33. The minimum atomic E-state index is -0.447. The van der Waals surface area contributed by atoms with E-state index in [1.807, 2.05) is 0 Å². The molecule has 0 saturated heterocycles. The van der Waals surface area contributed by atoms with Gasteiger partial charge in [0, 0.05) is 7.11 Å². The van der Waals surface area contributed by atoms with Crippen molar-refractivity contribution < 1.29 is 18.7 Å². The predicted octanol–water partition coefficient (Wildman–Crippen LogP) is 1.01. The lowest BCUT2D eigenvalue weighted by Gasteiger charge is -2.08. The van der Waals surface area contributed by atoms with Gasteiger partial charge in [-0.15, -0.1) is 0 Å². The zero-order valence-electron chi connectivity index (χ0n) is 9.53. The zero-order valence-corrected chi connectivity index (χ0v) is 9.53. The van der Waals surface area contributed by atoms with Crippen LogP contribution in [0.15, 0.2) is 18.2 Å². The summed E-state index contributed by atoms with van der Waals surface area (Å²) < 4.78 is 22.5. The number of rotatable bonds is 6. The summed E-state index contributed by atoms with van der Waals surface area (Å²) in [5.41, 5.74) is 6.07. The number of carbonyl (C=O) groups is 1. The molecule has 94 valence electrons. The SMILES string of the molecule is COCCOCC(=O)Nc1ccc(F)cc1N. The Kier molecular flexibility index (Phi) is 5.38. The van der Waals surface area contributed by atoms with Gasteiger partial charge in [-0.1, -0.05) is 0 Å². The van der Waals surface area contributed by atoms with Gasteiger partial charge < -0.3 is 20.5 Å². The first-order valence-corrected chi connectivity index (χ1v) is 5.05. The van der Waals surface area contributed by atoms with E-state index in [1.165, 1.54) is 12.1 Å². The van der Waals surface area contributed by atoms with Crippen LogP contribution >= 0.6 is 0 Å². The third-order valence-corrected chi connectivity index (χ3v) is 1.95. The molecule has 0 atom stereocenters. The van der Waals surface area contributed by atoms with Gasteiger partial charge in [-0.25, -0.2) is 4.39 Å². The average molecular weight is 242 g/mol. The molecule has 3 N–H and O–H groups in total. The van der Waals surface area contributed by atoms with Crippen LogP contribution in [-0.4, -0.2) is 32.8 Å². The fourth-order valence-electron chi connectivity index (χ4n) is 1.14. The van der Waals surface area contributed by atoms with E-state index in [9.17, 15) is 9.18 Å². The number of methoxy groups -OCH3 is 1. The minimum absolute atomic E-state index is 0.0970. The number of anilines is 2. The number of nitrogen functional groups attached to an aromatic ring is 1. The maximum Gasteiger partial charge on any atom is 0.250 e. The number of ether oxygens (including phenoxy) is 2. The molecule has 17 heavy (non-hydrogen) atoms. The van der Waals surface area contributed by atoms with Crippen LogP contribution in [0.4, 0.5) is 15.8 Å². The smallest absolute Gasteiger partial charge is 0.250 e. The highest BCUT2D eigenvalue weighted by Crippen LogP contribution is 2.18. The molecule has 1 amide bonds. The number of halogens is 1. The molecule has 0 fully saturated rings. The zero-order chi connectivity index (χ0) is 12.7. The number of carbonyl (C=O) groups excluding carboxylic acids is 1. The third-order valence-electron chi connectivity index (χ3n) is 1.95. The lowest BCUT2D eigenvalue weighted by molar-refractivity contribution is -0.121. The lowest BCUT2D eigenvalue weighted by Crippen LogP contribution is -2.20. The maximum absolute atomic E-state index is 12.7. The van der Waals surface area contributed by atoms with Crippen molar-refractivity contribution in [3.63, 3.8) is 0 Å². The van der Waals surface area contributed by atoms with Crippen LogP contribution in [0.2, 0.25) is 0 Å². The first-order valence-electron chi connectivity index (χ1n) is 5.05. The average Bonchev–Trinajstić information content (AvgIpc) is 2.28. The van der Waals surface area contributed by atoms with E-state index in [2.05, 4.69) is 5.32 Å². The van der Waals surface area contributed by atoms with Crippen molar-refractivity contribution in [3.8, 4) is 0 Å². The standard InChI is InChI=1S/C11H15FN2O3/c1-16-4-5-17-7-11(15)14-10-3-2-8(12)6-9(10)13/h2-3,6H,4-5,7,13H2,1H3,(H,14,15). The number of nitrogens with one attached hydrogen (secondary N) is 1. The molecule has 1 aromatic rings. The van der Waals surface area contributed by atoms with Crippen LogP contribution in [0.25, 0.3) is 0 Å². The molecule has 0 aromatic heterocycles. The van der Waals surface area contributed by atoms with Crippen LogP contribution in [-0.2, 0) is 14.3 Å². The van der Waals surface area contributed by atoms with Crippen LogP contribution in [0.3, 0.4) is 0 Å². The fraction of sp³-hybridized carbons (Fsp3) is 0.364. The molecule has 0 saturated carbocycles. The Morgan fingerprint density at radius 2 is 2.24 bits per heavy atom. The molecule has 0 spiro atoms. The van der Waals surface area contributed by atoms with Gasteiger partial charge in [-0.2, -0.15) is 0 Å². The number of nitrogens with two attached hydrogens (primary N) is 1. The largest absolute Gasteiger partial charge is 0.397 e. The monoisotopic (exact) mass is 242 g/mol. The summed E-state index contributed by atoms with van der Waals surface area (Å²) in [5.74, 6) is -0.795. The first-order chi connectivity index (χ1) is 8.13. The van der Waals surface area contributed by atoms with E-state index in [4.69, 9.17) is 15.2 Å². The summed E-state index contributed by atoms with van der Waals surface area (Å²) in [6, 6.07) is 3.76. The lowest BCUT2D eigenvalue weighted by atomic mass is 10.2. The summed E-state index contributed by atoms with van der Waals surface area (Å²) in [4.78, 5) is 11.4. The first kappa shape index (κ1) is 13.4. The topological polar surface area (TPSA) is 73.6 Å². The summed E-state index contributed by atoms with van der Waals surface area (Å²) in [7, 11) is 1.54. The van der Waals surface area contributed by atoms with E-state index in [0.29, 0.717) is 18.9 Å². The maximum atomic E-state index is 12.7. The quantitative estimate of drug-likeness (QED) is 0.576. The summed E-state index contributed by atoms with van der Waals surface area (Å²) >= 11 is 0. The highest BCUT2D eigenvalue weighted by molar-refractivity contribution is 5.94. The van der Waals surface area contributed by atoms with Crippen LogP contribution in [0.1, 0.15) is 0 Å². The molecule has 0 aliphatic carbocycles.